The van der Waals surface area contributed by atoms with E-state index in [2.05, 4.69) is 58.7 Å². The van der Waals surface area contributed by atoms with Crippen molar-refractivity contribution < 1.29 is 9.84 Å². The van der Waals surface area contributed by atoms with Crippen LogP contribution < -0.4 is 10.1 Å². The third-order valence-electron chi connectivity index (χ3n) is 8.74. The van der Waals surface area contributed by atoms with Gasteiger partial charge in [-0.2, -0.15) is 0 Å². The number of methoxy groups -OCH3 is 1. The van der Waals surface area contributed by atoms with Crippen LogP contribution in [-0.2, 0) is 25.7 Å². The average Bonchev–Trinajstić information content (AvgIpc) is 3.25. The van der Waals surface area contributed by atoms with Gasteiger partial charge in [0.05, 0.1) is 7.11 Å². The minimum absolute atomic E-state index is 0.372. The minimum atomic E-state index is 0.372. The number of phenols is 1. The second-order valence-corrected chi connectivity index (χ2v) is 11.6. The topological polar surface area (TPSA) is 44.7 Å². The van der Waals surface area contributed by atoms with Crippen molar-refractivity contribution in [3.8, 4) is 11.5 Å². The van der Waals surface area contributed by atoms with Gasteiger partial charge in [-0.05, 0) is 129 Å². The van der Waals surface area contributed by atoms with E-state index < -0.39 is 0 Å². The molecule has 1 heterocycles. The summed E-state index contributed by atoms with van der Waals surface area (Å²) >= 11 is 0. The first kappa shape index (κ1) is 27.6. The monoisotopic (exact) mass is 526 g/mol. The number of nitrogens with one attached hydrogen (secondary N) is 1. The highest BCUT2D eigenvalue weighted by Gasteiger charge is 2.23. The van der Waals surface area contributed by atoms with Gasteiger partial charge in [0.2, 0.25) is 0 Å². The van der Waals surface area contributed by atoms with Crippen LogP contribution in [0.1, 0.15) is 78.7 Å². The molecule has 1 saturated heterocycles. The lowest BCUT2D eigenvalue weighted by molar-refractivity contribution is 0.281. The number of rotatable bonds is 11. The van der Waals surface area contributed by atoms with Gasteiger partial charge in [0.1, 0.15) is 11.5 Å². The molecule has 1 aliphatic carbocycles. The SMILES string of the molecule is COc1ccc(C2CCc3cc(O)ccc3C2)c(NCCCc2ccc(CCCN3CCCCCC3)cc2)c1. The Kier molecular flexibility index (Phi) is 9.82. The fraction of sp³-hybridized carbons (Fsp3) is 0.486. The number of aryl methyl sites for hydroxylation is 3. The maximum Gasteiger partial charge on any atom is 0.120 e. The van der Waals surface area contributed by atoms with E-state index in [9.17, 15) is 5.11 Å². The molecule has 0 aromatic heterocycles. The molecule has 208 valence electrons. The van der Waals surface area contributed by atoms with E-state index in [-0.39, 0.29) is 0 Å². The third kappa shape index (κ3) is 7.79. The molecule has 3 aromatic rings. The van der Waals surface area contributed by atoms with Gasteiger partial charge in [-0.1, -0.05) is 49.2 Å². The van der Waals surface area contributed by atoms with Crippen molar-refractivity contribution >= 4 is 5.69 Å². The van der Waals surface area contributed by atoms with Crippen LogP contribution in [0.15, 0.2) is 60.7 Å². The van der Waals surface area contributed by atoms with E-state index in [1.54, 1.807) is 7.11 Å². The van der Waals surface area contributed by atoms with Crippen LogP contribution in [0.3, 0.4) is 0 Å². The summed E-state index contributed by atoms with van der Waals surface area (Å²) in [5.74, 6) is 1.74. The Morgan fingerprint density at radius 2 is 1.59 bits per heavy atom. The van der Waals surface area contributed by atoms with Crippen molar-refractivity contribution in [3.05, 3.63) is 88.5 Å². The summed E-state index contributed by atoms with van der Waals surface area (Å²) in [6, 6.07) is 21.7. The standard InChI is InChI=1S/C35H46N2O2/c1-39-33-18-19-34(31-15-14-30-25-32(38)17-16-29(30)24-31)35(26-33)36-20-6-8-27-10-12-28(13-11-27)9-7-23-37-21-4-2-3-5-22-37/h10-13,16-19,25-26,31,36,38H,2-9,14-15,20-24H2,1H3. The van der Waals surface area contributed by atoms with Gasteiger partial charge in [0.25, 0.3) is 0 Å². The highest BCUT2D eigenvalue weighted by molar-refractivity contribution is 5.57. The van der Waals surface area contributed by atoms with E-state index >= 15 is 0 Å². The molecule has 3 aromatic carbocycles. The Morgan fingerprint density at radius 3 is 2.33 bits per heavy atom. The van der Waals surface area contributed by atoms with Crippen molar-refractivity contribution in [1.29, 1.82) is 0 Å². The molecule has 1 fully saturated rings. The number of hydrogen-bond acceptors (Lipinski definition) is 4. The lowest BCUT2D eigenvalue weighted by Gasteiger charge is -2.27. The van der Waals surface area contributed by atoms with E-state index in [1.807, 2.05) is 12.1 Å². The summed E-state index contributed by atoms with van der Waals surface area (Å²) in [7, 11) is 1.74. The zero-order valence-corrected chi connectivity index (χ0v) is 23.8. The van der Waals surface area contributed by atoms with Crippen molar-refractivity contribution in [2.75, 3.05) is 38.6 Å². The van der Waals surface area contributed by atoms with E-state index in [1.165, 1.54) is 91.7 Å². The van der Waals surface area contributed by atoms with Gasteiger partial charge in [-0.25, -0.2) is 0 Å². The fourth-order valence-corrected chi connectivity index (χ4v) is 6.43. The Morgan fingerprint density at radius 1 is 0.846 bits per heavy atom. The number of aromatic hydroxyl groups is 1. The van der Waals surface area contributed by atoms with E-state index in [0.717, 1.165) is 44.4 Å². The molecule has 0 spiro atoms. The summed E-state index contributed by atoms with van der Waals surface area (Å²) in [4.78, 5) is 2.67. The van der Waals surface area contributed by atoms with Crippen molar-refractivity contribution in [3.63, 3.8) is 0 Å². The summed E-state index contributed by atoms with van der Waals surface area (Å²) in [5, 5.41) is 13.6. The van der Waals surface area contributed by atoms with Crippen LogP contribution in [0.25, 0.3) is 0 Å². The molecule has 1 aliphatic heterocycles. The first-order valence-corrected chi connectivity index (χ1v) is 15.2. The lowest BCUT2D eigenvalue weighted by Crippen LogP contribution is -2.26. The molecular formula is C35H46N2O2. The summed E-state index contributed by atoms with van der Waals surface area (Å²) in [6.45, 7) is 4.78. The molecule has 1 atom stereocenters. The Balaban J connectivity index is 1.10. The first-order chi connectivity index (χ1) is 19.2. The van der Waals surface area contributed by atoms with Crippen LogP contribution in [0.4, 0.5) is 5.69 Å². The molecule has 4 nitrogen and oxygen atoms in total. The zero-order valence-electron chi connectivity index (χ0n) is 23.8. The maximum absolute atomic E-state index is 9.85. The summed E-state index contributed by atoms with van der Waals surface area (Å²) in [5.41, 5.74) is 8.11. The number of phenolic OH excluding ortho intramolecular Hbond substituents is 1. The second-order valence-electron chi connectivity index (χ2n) is 11.6. The normalized spacial score (nSPS) is 17.8. The number of fused-ring (bicyclic) bond motifs is 1. The molecular weight excluding hydrogens is 480 g/mol. The number of ether oxygens (including phenoxy) is 1. The van der Waals surface area contributed by atoms with Gasteiger partial charge >= 0.3 is 0 Å². The molecule has 2 aliphatic rings. The molecule has 0 amide bonds. The van der Waals surface area contributed by atoms with Gasteiger partial charge in [-0.3, -0.25) is 0 Å². The van der Waals surface area contributed by atoms with Crippen molar-refractivity contribution in [2.24, 2.45) is 0 Å². The van der Waals surface area contributed by atoms with Crippen molar-refractivity contribution in [2.45, 2.75) is 76.5 Å². The Bertz CT molecular complexity index is 1180. The number of hydrogen-bond donors (Lipinski definition) is 2. The van der Waals surface area contributed by atoms with Crippen LogP contribution in [-0.4, -0.2) is 43.3 Å². The molecule has 0 saturated carbocycles. The third-order valence-corrected chi connectivity index (χ3v) is 8.74. The number of nitrogens with zero attached hydrogens (tertiary/aromatic N) is 1. The van der Waals surface area contributed by atoms with Gasteiger partial charge in [0, 0.05) is 18.3 Å². The predicted molar refractivity (Wildman–Crippen MR) is 162 cm³/mol. The highest BCUT2D eigenvalue weighted by Crippen LogP contribution is 2.38. The average molecular weight is 527 g/mol. The summed E-state index contributed by atoms with van der Waals surface area (Å²) < 4.78 is 5.55. The molecule has 39 heavy (non-hydrogen) atoms. The van der Waals surface area contributed by atoms with Gasteiger partial charge in [0.15, 0.2) is 0 Å². The van der Waals surface area contributed by atoms with E-state index in [0.29, 0.717) is 11.7 Å². The quantitative estimate of drug-likeness (QED) is 0.254. The van der Waals surface area contributed by atoms with E-state index in [4.69, 9.17) is 4.74 Å². The van der Waals surface area contributed by atoms with Crippen LogP contribution in [0, 0.1) is 0 Å². The molecule has 0 bridgehead atoms. The molecule has 5 rings (SSSR count). The number of likely N-dealkylation sites (tertiary alicyclic amines) is 1. The van der Waals surface area contributed by atoms with Gasteiger partial charge < -0.3 is 20.1 Å². The smallest absolute Gasteiger partial charge is 0.120 e. The maximum atomic E-state index is 9.85. The van der Waals surface area contributed by atoms with Crippen LogP contribution in [0.5, 0.6) is 11.5 Å². The fourth-order valence-electron chi connectivity index (χ4n) is 6.43. The Labute approximate surface area is 235 Å². The predicted octanol–water partition coefficient (Wildman–Crippen LogP) is 7.53. The highest BCUT2D eigenvalue weighted by atomic mass is 16.5. The van der Waals surface area contributed by atoms with Crippen LogP contribution in [0.2, 0.25) is 0 Å². The Hall–Kier alpha value is -2.98. The zero-order chi connectivity index (χ0) is 26.9. The van der Waals surface area contributed by atoms with Crippen LogP contribution >= 0.6 is 0 Å². The molecule has 0 radical (unpaired) electrons. The minimum Gasteiger partial charge on any atom is -0.508 e. The first-order valence-electron chi connectivity index (χ1n) is 15.2. The van der Waals surface area contributed by atoms with Gasteiger partial charge in [-0.15, -0.1) is 0 Å². The lowest BCUT2D eigenvalue weighted by atomic mass is 9.79. The molecule has 2 N–H and O–H groups in total. The number of benzene rings is 3. The number of anilines is 1. The van der Waals surface area contributed by atoms with Crippen molar-refractivity contribution in [1.82, 2.24) is 4.90 Å². The molecule has 1 unspecified atom stereocenters. The molecule has 4 heteroatoms. The largest absolute Gasteiger partial charge is 0.508 e. The summed E-state index contributed by atoms with van der Waals surface area (Å²) in [6.07, 6.45) is 13.3. The second kappa shape index (κ2) is 13.9.